The first kappa shape index (κ1) is 16.7. The van der Waals surface area contributed by atoms with Crippen LogP contribution in [0.25, 0.3) is 0 Å². The standard InChI is InChI=1S/C17H25FN2O2/c1-3-19(4-2)11-13-7-8-15(18)16(10-13)20-9-5-6-14(12-20)17(21)22/h7-8,10,14H,3-6,9,11-12H2,1-2H3,(H,21,22). The lowest BCUT2D eigenvalue weighted by atomic mass is 9.97. The van der Waals surface area contributed by atoms with Crippen LogP contribution < -0.4 is 4.90 Å². The normalized spacial score (nSPS) is 18.7. The van der Waals surface area contributed by atoms with E-state index in [0.29, 0.717) is 18.7 Å². The lowest BCUT2D eigenvalue weighted by Gasteiger charge is -2.33. The Morgan fingerprint density at radius 1 is 1.41 bits per heavy atom. The third kappa shape index (κ3) is 3.97. The fraction of sp³-hybridized carbons (Fsp3) is 0.588. The molecule has 1 aromatic carbocycles. The number of carbonyl (C=O) groups is 1. The van der Waals surface area contributed by atoms with Gasteiger partial charge in [-0.25, -0.2) is 4.39 Å². The molecule has 1 aromatic rings. The molecule has 1 saturated heterocycles. The number of halogens is 1. The molecule has 0 radical (unpaired) electrons. The van der Waals surface area contributed by atoms with Crippen molar-refractivity contribution < 1.29 is 14.3 Å². The average molecular weight is 308 g/mol. The van der Waals surface area contributed by atoms with Crippen molar-refractivity contribution in [3.8, 4) is 0 Å². The average Bonchev–Trinajstić information content (AvgIpc) is 2.54. The highest BCUT2D eigenvalue weighted by Gasteiger charge is 2.26. The van der Waals surface area contributed by atoms with E-state index in [1.54, 1.807) is 0 Å². The predicted molar refractivity (Wildman–Crippen MR) is 85.6 cm³/mol. The minimum Gasteiger partial charge on any atom is -0.481 e. The van der Waals surface area contributed by atoms with E-state index >= 15 is 0 Å². The molecule has 0 aromatic heterocycles. The molecule has 2 rings (SSSR count). The minimum atomic E-state index is -0.788. The van der Waals surface area contributed by atoms with Gasteiger partial charge in [0.05, 0.1) is 11.6 Å². The maximum atomic E-state index is 14.2. The Morgan fingerprint density at radius 3 is 2.77 bits per heavy atom. The Labute approximate surface area is 131 Å². The first-order valence-electron chi connectivity index (χ1n) is 8.03. The summed E-state index contributed by atoms with van der Waals surface area (Å²) in [7, 11) is 0. The summed E-state index contributed by atoms with van der Waals surface area (Å²) in [4.78, 5) is 15.3. The molecule has 122 valence electrons. The van der Waals surface area contributed by atoms with Crippen molar-refractivity contribution in [3.63, 3.8) is 0 Å². The number of hydrogen-bond acceptors (Lipinski definition) is 3. The van der Waals surface area contributed by atoms with Crippen molar-refractivity contribution >= 4 is 11.7 Å². The summed E-state index contributed by atoms with van der Waals surface area (Å²) in [5, 5.41) is 9.18. The Balaban J connectivity index is 2.17. The molecule has 1 fully saturated rings. The lowest BCUT2D eigenvalue weighted by molar-refractivity contribution is -0.141. The first-order valence-corrected chi connectivity index (χ1v) is 8.03. The maximum absolute atomic E-state index is 14.2. The number of benzene rings is 1. The van der Waals surface area contributed by atoms with Crippen LogP contribution in [0.5, 0.6) is 0 Å². The SMILES string of the molecule is CCN(CC)Cc1ccc(F)c(N2CCCC(C(=O)O)C2)c1. The van der Waals surface area contributed by atoms with Gasteiger partial charge < -0.3 is 10.0 Å². The third-order valence-corrected chi connectivity index (χ3v) is 4.42. The fourth-order valence-electron chi connectivity index (χ4n) is 3.00. The molecule has 0 amide bonds. The molecule has 5 heteroatoms. The van der Waals surface area contributed by atoms with Crippen LogP contribution in [0.15, 0.2) is 18.2 Å². The number of aliphatic carboxylic acids is 1. The van der Waals surface area contributed by atoms with Crippen molar-refractivity contribution in [2.24, 2.45) is 5.92 Å². The number of hydrogen-bond donors (Lipinski definition) is 1. The Bertz CT molecular complexity index is 517. The molecule has 0 aliphatic carbocycles. The molecule has 1 N–H and O–H groups in total. The number of piperidine rings is 1. The Kier molecular flexibility index (Phi) is 5.77. The zero-order chi connectivity index (χ0) is 16.1. The van der Waals surface area contributed by atoms with Gasteiger partial charge in [-0.2, -0.15) is 0 Å². The fourth-order valence-corrected chi connectivity index (χ4v) is 3.00. The molecule has 0 bridgehead atoms. The number of carboxylic acid groups (broad SMARTS) is 1. The zero-order valence-electron chi connectivity index (χ0n) is 13.4. The molecular weight excluding hydrogens is 283 g/mol. The quantitative estimate of drug-likeness (QED) is 0.877. The first-order chi connectivity index (χ1) is 10.5. The van der Waals surface area contributed by atoms with Crippen molar-refractivity contribution in [1.82, 2.24) is 4.90 Å². The highest BCUT2D eigenvalue weighted by molar-refractivity contribution is 5.71. The summed E-state index contributed by atoms with van der Waals surface area (Å²) in [6, 6.07) is 5.19. The van der Waals surface area contributed by atoms with Gasteiger partial charge >= 0.3 is 5.97 Å². The van der Waals surface area contributed by atoms with Crippen molar-refractivity contribution in [3.05, 3.63) is 29.6 Å². The van der Waals surface area contributed by atoms with Crippen LogP contribution in [0.4, 0.5) is 10.1 Å². The van der Waals surface area contributed by atoms with Gasteiger partial charge in [0.1, 0.15) is 5.82 Å². The van der Waals surface area contributed by atoms with Crippen molar-refractivity contribution in [1.29, 1.82) is 0 Å². The molecule has 1 aliphatic rings. The van der Waals surface area contributed by atoms with Gasteiger partial charge in [0.2, 0.25) is 0 Å². The highest BCUT2D eigenvalue weighted by atomic mass is 19.1. The van der Waals surface area contributed by atoms with Crippen LogP contribution in [-0.4, -0.2) is 42.2 Å². The van der Waals surface area contributed by atoms with Gasteiger partial charge in [0, 0.05) is 19.6 Å². The van der Waals surface area contributed by atoms with Crippen LogP contribution in [-0.2, 0) is 11.3 Å². The predicted octanol–water partition coefficient (Wildman–Crippen LogP) is 2.97. The summed E-state index contributed by atoms with van der Waals surface area (Å²) in [5.74, 6) is -1.46. The lowest BCUT2D eigenvalue weighted by Crippen LogP contribution is -2.39. The highest BCUT2D eigenvalue weighted by Crippen LogP contribution is 2.27. The van der Waals surface area contributed by atoms with Gasteiger partial charge in [0.25, 0.3) is 0 Å². The van der Waals surface area contributed by atoms with Gasteiger partial charge in [-0.05, 0) is 43.6 Å². The van der Waals surface area contributed by atoms with Crippen LogP contribution in [0.3, 0.4) is 0 Å². The smallest absolute Gasteiger partial charge is 0.308 e. The second-order valence-corrected chi connectivity index (χ2v) is 5.87. The molecule has 1 atom stereocenters. The largest absolute Gasteiger partial charge is 0.481 e. The number of carboxylic acids is 1. The van der Waals surface area contributed by atoms with Crippen LogP contribution >= 0.6 is 0 Å². The van der Waals surface area contributed by atoms with Crippen molar-refractivity contribution in [2.75, 3.05) is 31.1 Å². The second-order valence-electron chi connectivity index (χ2n) is 5.87. The molecular formula is C17H25FN2O2. The second kappa shape index (κ2) is 7.58. The maximum Gasteiger partial charge on any atom is 0.308 e. The molecule has 0 spiro atoms. The summed E-state index contributed by atoms with van der Waals surface area (Å²) in [5.41, 5.74) is 1.60. The van der Waals surface area contributed by atoms with Gasteiger partial charge in [-0.3, -0.25) is 9.69 Å². The van der Waals surface area contributed by atoms with Gasteiger partial charge in [0.15, 0.2) is 0 Å². The molecule has 4 nitrogen and oxygen atoms in total. The Hall–Kier alpha value is -1.62. The molecule has 0 saturated carbocycles. The summed E-state index contributed by atoms with van der Waals surface area (Å²) in [6.07, 6.45) is 1.46. The molecule has 1 heterocycles. The summed E-state index contributed by atoms with van der Waals surface area (Å²) >= 11 is 0. The van der Waals surface area contributed by atoms with E-state index in [4.69, 9.17) is 0 Å². The molecule has 1 aliphatic heterocycles. The number of nitrogens with zero attached hydrogens (tertiary/aromatic N) is 2. The van der Waals surface area contributed by atoms with E-state index in [9.17, 15) is 14.3 Å². The number of rotatable bonds is 6. The van der Waals surface area contributed by atoms with Crippen LogP contribution in [0.1, 0.15) is 32.3 Å². The monoisotopic (exact) mass is 308 g/mol. The van der Waals surface area contributed by atoms with E-state index in [0.717, 1.165) is 38.2 Å². The van der Waals surface area contributed by atoms with Crippen LogP contribution in [0.2, 0.25) is 0 Å². The van der Waals surface area contributed by atoms with E-state index < -0.39 is 11.9 Å². The van der Waals surface area contributed by atoms with Gasteiger partial charge in [-0.15, -0.1) is 0 Å². The van der Waals surface area contributed by atoms with Crippen LogP contribution in [0, 0.1) is 11.7 Å². The molecule has 22 heavy (non-hydrogen) atoms. The summed E-state index contributed by atoms with van der Waals surface area (Å²) < 4.78 is 14.2. The van der Waals surface area contributed by atoms with E-state index in [1.165, 1.54) is 6.07 Å². The number of anilines is 1. The van der Waals surface area contributed by atoms with E-state index in [1.807, 2.05) is 17.0 Å². The Morgan fingerprint density at radius 2 is 2.14 bits per heavy atom. The third-order valence-electron chi connectivity index (χ3n) is 4.42. The molecule has 1 unspecified atom stereocenters. The summed E-state index contributed by atoms with van der Waals surface area (Å²) in [6.45, 7) is 8.01. The van der Waals surface area contributed by atoms with E-state index in [-0.39, 0.29) is 5.82 Å². The zero-order valence-corrected chi connectivity index (χ0v) is 13.4. The van der Waals surface area contributed by atoms with Gasteiger partial charge in [-0.1, -0.05) is 19.9 Å². The topological polar surface area (TPSA) is 43.8 Å². The van der Waals surface area contributed by atoms with E-state index in [2.05, 4.69) is 18.7 Å². The minimum absolute atomic E-state index is 0.269. The van der Waals surface area contributed by atoms with Crippen molar-refractivity contribution in [2.45, 2.75) is 33.2 Å².